The van der Waals surface area contributed by atoms with Crippen LogP contribution in [0.5, 0.6) is 5.75 Å². The lowest BCUT2D eigenvalue weighted by molar-refractivity contribution is 0.0912. The Kier molecular flexibility index (Phi) is 5.29. The van der Waals surface area contributed by atoms with Crippen molar-refractivity contribution in [2.75, 3.05) is 7.11 Å². The van der Waals surface area contributed by atoms with Crippen molar-refractivity contribution >= 4 is 16.8 Å². The summed E-state index contributed by atoms with van der Waals surface area (Å²) in [7, 11) is 1.65. The van der Waals surface area contributed by atoms with Gasteiger partial charge in [-0.3, -0.25) is 4.79 Å². The van der Waals surface area contributed by atoms with E-state index in [1.54, 1.807) is 7.11 Å². The summed E-state index contributed by atoms with van der Waals surface area (Å²) in [5.74, 6) is 1.31. The zero-order chi connectivity index (χ0) is 19.5. The summed E-state index contributed by atoms with van der Waals surface area (Å²) in [5.41, 5.74) is 3.28. The third-order valence-corrected chi connectivity index (χ3v) is 5.77. The van der Waals surface area contributed by atoms with Crippen LogP contribution in [0.2, 0.25) is 0 Å². The molecule has 1 aliphatic rings. The molecule has 0 spiro atoms. The minimum Gasteiger partial charge on any atom is -0.497 e. The van der Waals surface area contributed by atoms with Gasteiger partial charge >= 0.3 is 0 Å². The summed E-state index contributed by atoms with van der Waals surface area (Å²) in [4.78, 5) is 18.0. The average Bonchev–Trinajstić information content (AvgIpc) is 2.74. The van der Waals surface area contributed by atoms with Gasteiger partial charge in [0.1, 0.15) is 5.75 Å². The van der Waals surface area contributed by atoms with Gasteiger partial charge in [-0.05, 0) is 55.2 Å². The van der Waals surface area contributed by atoms with Gasteiger partial charge < -0.3 is 10.1 Å². The molecule has 0 saturated heterocycles. The number of ether oxygens (including phenoxy) is 1. The van der Waals surface area contributed by atoms with E-state index in [9.17, 15) is 4.79 Å². The number of benzene rings is 2. The summed E-state index contributed by atoms with van der Waals surface area (Å²) >= 11 is 0. The fourth-order valence-electron chi connectivity index (χ4n) is 4.05. The Hall–Kier alpha value is -2.88. The molecule has 2 aromatic carbocycles. The lowest BCUT2D eigenvalue weighted by Crippen LogP contribution is -2.41. The van der Waals surface area contributed by atoms with Crippen LogP contribution in [0, 0.1) is 5.92 Å². The van der Waals surface area contributed by atoms with Crippen molar-refractivity contribution in [3.05, 3.63) is 60.2 Å². The van der Waals surface area contributed by atoms with Crippen molar-refractivity contribution in [3.8, 4) is 17.0 Å². The van der Waals surface area contributed by atoms with Crippen molar-refractivity contribution in [3.63, 3.8) is 0 Å². The molecule has 4 heteroatoms. The molecule has 4 nitrogen and oxygen atoms in total. The van der Waals surface area contributed by atoms with Gasteiger partial charge in [-0.1, -0.05) is 38.0 Å². The Morgan fingerprint density at radius 3 is 2.57 bits per heavy atom. The lowest BCUT2D eigenvalue weighted by atomic mass is 9.85. The number of nitrogens with one attached hydrogen (secondary N) is 1. The molecule has 0 bridgehead atoms. The van der Waals surface area contributed by atoms with Crippen LogP contribution in [0.3, 0.4) is 0 Å². The van der Waals surface area contributed by atoms with Gasteiger partial charge in [-0.25, -0.2) is 4.98 Å². The Balaban J connectivity index is 1.72. The maximum Gasteiger partial charge on any atom is 0.252 e. The average molecular weight is 374 g/mol. The van der Waals surface area contributed by atoms with Crippen LogP contribution in [0.4, 0.5) is 0 Å². The number of rotatable bonds is 4. The first-order chi connectivity index (χ1) is 13.7. The number of fused-ring (bicyclic) bond motifs is 1. The molecule has 144 valence electrons. The number of amides is 1. The van der Waals surface area contributed by atoms with E-state index in [-0.39, 0.29) is 11.9 Å². The Bertz CT molecular complexity index is 982. The number of nitrogens with zero attached hydrogens (tertiary/aromatic N) is 1. The van der Waals surface area contributed by atoms with Crippen molar-refractivity contribution in [1.29, 1.82) is 0 Å². The molecular weight excluding hydrogens is 348 g/mol. The fourth-order valence-corrected chi connectivity index (χ4v) is 4.05. The van der Waals surface area contributed by atoms with Gasteiger partial charge in [-0.2, -0.15) is 0 Å². The summed E-state index contributed by atoms with van der Waals surface area (Å²) in [6, 6.07) is 17.8. The molecule has 2 atom stereocenters. The predicted molar refractivity (Wildman–Crippen MR) is 113 cm³/mol. The third kappa shape index (κ3) is 3.72. The van der Waals surface area contributed by atoms with Gasteiger partial charge in [0.2, 0.25) is 0 Å². The number of carbonyl (C=O) groups excluding carboxylic acids is 1. The lowest BCUT2D eigenvalue weighted by Gasteiger charge is -2.29. The van der Waals surface area contributed by atoms with Crippen molar-refractivity contribution in [1.82, 2.24) is 10.3 Å². The first-order valence-electron chi connectivity index (χ1n) is 10.0. The highest BCUT2D eigenvalue weighted by molar-refractivity contribution is 6.07. The molecule has 0 aliphatic heterocycles. The second kappa shape index (κ2) is 8.01. The molecule has 0 radical (unpaired) electrons. The molecule has 2 unspecified atom stereocenters. The van der Waals surface area contributed by atoms with E-state index in [2.05, 4.69) is 12.2 Å². The highest BCUT2D eigenvalue weighted by Crippen LogP contribution is 2.28. The van der Waals surface area contributed by atoms with E-state index in [0.717, 1.165) is 34.3 Å². The number of aromatic nitrogens is 1. The van der Waals surface area contributed by atoms with E-state index in [4.69, 9.17) is 9.72 Å². The predicted octanol–water partition coefficient (Wildman–Crippen LogP) is 5.22. The number of hydrogen-bond acceptors (Lipinski definition) is 3. The van der Waals surface area contributed by atoms with Crippen LogP contribution in [0.1, 0.15) is 43.0 Å². The first kappa shape index (κ1) is 18.5. The molecular formula is C24H26N2O2. The summed E-state index contributed by atoms with van der Waals surface area (Å²) in [6.07, 6.45) is 4.68. The molecule has 1 saturated carbocycles. The van der Waals surface area contributed by atoms with E-state index in [1.165, 1.54) is 19.3 Å². The highest BCUT2D eigenvalue weighted by atomic mass is 16.5. The molecule has 3 aromatic rings. The van der Waals surface area contributed by atoms with Gasteiger partial charge in [-0.15, -0.1) is 0 Å². The molecule has 1 aliphatic carbocycles. The molecule has 1 fully saturated rings. The maximum absolute atomic E-state index is 13.2. The van der Waals surface area contributed by atoms with Gasteiger partial charge in [0.25, 0.3) is 5.91 Å². The zero-order valence-electron chi connectivity index (χ0n) is 16.4. The van der Waals surface area contributed by atoms with Crippen LogP contribution in [0.25, 0.3) is 22.2 Å². The second-order valence-corrected chi connectivity index (χ2v) is 7.64. The van der Waals surface area contributed by atoms with Crippen molar-refractivity contribution in [2.45, 2.75) is 38.6 Å². The van der Waals surface area contributed by atoms with Gasteiger partial charge in [0, 0.05) is 17.0 Å². The van der Waals surface area contributed by atoms with E-state index in [0.29, 0.717) is 11.5 Å². The van der Waals surface area contributed by atoms with E-state index in [1.807, 2.05) is 54.6 Å². The van der Waals surface area contributed by atoms with Crippen LogP contribution < -0.4 is 10.1 Å². The van der Waals surface area contributed by atoms with Gasteiger partial charge in [0.05, 0.1) is 23.9 Å². The van der Waals surface area contributed by atoms with Gasteiger partial charge in [0.15, 0.2) is 0 Å². The van der Waals surface area contributed by atoms with Crippen LogP contribution in [0.15, 0.2) is 54.6 Å². The molecule has 1 amide bonds. The standard InChI is InChI=1S/C24H26N2O2/c1-16-7-3-5-9-21(16)26-24(27)20-15-23(17-11-13-18(28-2)14-12-17)25-22-10-6-4-8-19(20)22/h4,6,8,10-16,21H,3,5,7,9H2,1-2H3,(H,26,27). The van der Waals surface area contributed by atoms with E-state index >= 15 is 0 Å². The first-order valence-corrected chi connectivity index (χ1v) is 10.0. The number of pyridine rings is 1. The normalized spacial score (nSPS) is 19.4. The topological polar surface area (TPSA) is 51.2 Å². The Labute approximate surface area is 165 Å². The highest BCUT2D eigenvalue weighted by Gasteiger charge is 2.24. The number of para-hydroxylation sites is 1. The summed E-state index contributed by atoms with van der Waals surface area (Å²) < 4.78 is 5.25. The fraction of sp³-hybridized carbons (Fsp3) is 0.333. The molecule has 1 N–H and O–H groups in total. The zero-order valence-corrected chi connectivity index (χ0v) is 16.4. The number of hydrogen-bond donors (Lipinski definition) is 1. The number of carbonyl (C=O) groups is 1. The molecule has 4 rings (SSSR count). The van der Waals surface area contributed by atoms with Crippen LogP contribution >= 0.6 is 0 Å². The van der Waals surface area contributed by atoms with Crippen LogP contribution in [-0.2, 0) is 0 Å². The molecule has 1 heterocycles. The summed E-state index contributed by atoms with van der Waals surface area (Å²) in [6.45, 7) is 2.23. The minimum absolute atomic E-state index is 0.00730. The van der Waals surface area contributed by atoms with Crippen molar-refractivity contribution in [2.24, 2.45) is 5.92 Å². The second-order valence-electron chi connectivity index (χ2n) is 7.64. The third-order valence-electron chi connectivity index (χ3n) is 5.77. The number of methoxy groups -OCH3 is 1. The minimum atomic E-state index is -0.00730. The quantitative estimate of drug-likeness (QED) is 0.681. The Morgan fingerprint density at radius 1 is 1.07 bits per heavy atom. The van der Waals surface area contributed by atoms with E-state index < -0.39 is 0 Å². The molecule has 1 aromatic heterocycles. The van der Waals surface area contributed by atoms with Crippen LogP contribution in [-0.4, -0.2) is 24.0 Å². The monoisotopic (exact) mass is 374 g/mol. The molecule has 28 heavy (non-hydrogen) atoms. The SMILES string of the molecule is COc1ccc(-c2cc(C(=O)NC3CCCCC3C)c3ccccc3n2)cc1. The smallest absolute Gasteiger partial charge is 0.252 e. The summed E-state index contributed by atoms with van der Waals surface area (Å²) in [5, 5.41) is 4.18. The maximum atomic E-state index is 13.2. The Morgan fingerprint density at radius 2 is 1.82 bits per heavy atom. The largest absolute Gasteiger partial charge is 0.497 e. The van der Waals surface area contributed by atoms with Crippen molar-refractivity contribution < 1.29 is 9.53 Å².